The molecule has 0 spiro atoms. The molecule has 134 valence electrons. The highest BCUT2D eigenvalue weighted by Gasteiger charge is 2.27. The van der Waals surface area contributed by atoms with Gasteiger partial charge >= 0.3 is 0 Å². The van der Waals surface area contributed by atoms with E-state index in [0.717, 1.165) is 36.9 Å². The maximum atomic E-state index is 12.9. The number of aromatic nitrogens is 2. The fourth-order valence-electron chi connectivity index (χ4n) is 3.33. The zero-order valence-electron chi connectivity index (χ0n) is 15.3. The minimum Gasteiger partial charge on any atom is -0.393 e. The molecule has 5 heteroatoms. The normalized spacial score (nSPS) is 14.9. The van der Waals surface area contributed by atoms with Crippen molar-refractivity contribution < 1.29 is 9.90 Å². The maximum Gasteiger partial charge on any atom is 0.274 e. The highest BCUT2D eigenvalue weighted by Crippen LogP contribution is 2.27. The Morgan fingerprint density at radius 3 is 2.64 bits per heavy atom. The lowest BCUT2D eigenvalue weighted by Gasteiger charge is -2.18. The molecule has 1 heterocycles. The van der Waals surface area contributed by atoms with Crippen LogP contribution in [0.2, 0.25) is 0 Å². The molecule has 2 aromatic rings. The molecule has 25 heavy (non-hydrogen) atoms. The lowest BCUT2D eigenvalue weighted by molar-refractivity contribution is 0.0761. The molecular weight excluding hydrogens is 314 g/mol. The van der Waals surface area contributed by atoms with Gasteiger partial charge in [0.25, 0.3) is 5.91 Å². The van der Waals surface area contributed by atoms with Crippen LogP contribution >= 0.6 is 0 Å². The predicted octanol–water partition coefficient (Wildman–Crippen LogP) is 2.90. The third-order valence-electron chi connectivity index (χ3n) is 4.89. The fourth-order valence-corrected chi connectivity index (χ4v) is 3.33. The van der Waals surface area contributed by atoms with Crippen LogP contribution in [0.15, 0.2) is 24.3 Å². The SMILES string of the molecule is Cc1ccc(-n2nc(C(=O)N(C)CCC(C)O)c3c2CCCC3)cc1. The average molecular weight is 341 g/mol. The van der Waals surface area contributed by atoms with Gasteiger partial charge in [-0.2, -0.15) is 5.10 Å². The minimum atomic E-state index is -0.408. The van der Waals surface area contributed by atoms with Crippen LogP contribution in [0.25, 0.3) is 5.69 Å². The van der Waals surface area contributed by atoms with E-state index in [1.165, 1.54) is 11.3 Å². The van der Waals surface area contributed by atoms with Crippen molar-refractivity contribution in [1.82, 2.24) is 14.7 Å². The number of carbonyl (C=O) groups excluding carboxylic acids is 1. The Morgan fingerprint density at radius 1 is 1.28 bits per heavy atom. The molecule has 0 bridgehead atoms. The Balaban J connectivity index is 1.94. The summed E-state index contributed by atoms with van der Waals surface area (Å²) in [5.74, 6) is -0.0512. The number of fused-ring (bicyclic) bond motifs is 1. The van der Waals surface area contributed by atoms with Crippen molar-refractivity contribution in [3.8, 4) is 5.69 Å². The summed E-state index contributed by atoms with van der Waals surface area (Å²) in [5.41, 5.74) is 5.06. The van der Waals surface area contributed by atoms with Crippen molar-refractivity contribution in [2.75, 3.05) is 13.6 Å². The number of hydrogen-bond acceptors (Lipinski definition) is 3. The zero-order chi connectivity index (χ0) is 18.0. The van der Waals surface area contributed by atoms with Crippen molar-refractivity contribution in [2.45, 2.75) is 52.1 Å². The van der Waals surface area contributed by atoms with Gasteiger partial charge in [0.15, 0.2) is 5.69 Å². The van der Waals surface area contributed by atoms with E-state index in [2.05, 4.69) is 31.2 Å². The first-order valence-electron chi connectivity index (χ1n) is 9.08. The Kier molecular flexibility index (Phi) is 5.23. The van der Waals surface area contributed by atoms with Gasteiger partial charge in [0.2, 0.25) is 0 Å². The molecule has 0 fully saturated rings. The van der Waals surface area contributed by atoms with Crippen LogP contribution in [-0.4, -0.2) is 45.4 Å². The van der Waals surface area contributed by atoms with Crippen molar-refractivity contribution >= 4 is 5.91 Å². The molecule has 0 aliphatic heterocycles. The van der Waals surface area contributed by atoms with E-state index in [1.54, 1.807) is 18.9 Å². The van der Waals surface area contributed by atoms with Gasteiger partial charge in [-0.1, -0.05) is 17.7 Å². The van der Waals surface area contributed by atoms with Gasteiger partial charge in [-0.15, -0.1) is 0 Å². The number of aliphatic hydroxyl groups is 1. The van der Waals surface area contributed by atoms with Gasteiger partial charge in [0.1, 0.15) is 0 Å². The van der Waals surface area contributed by atoms with Crippen molar-refractivity contribution in [1.29, 1.82) is 0 Å². The molecule has 1 aromatic heterocycles. The second-order valence-electron chi connectivity index (χ2n) is 7.09. The summed E-state index contributed by atoms with van der Waals surface area (Å²) in [6.45, 7) is 4.34. The van der Waals surface area contributed by atoms with Gasteiger partial charge < -0.3 is 10.0 Å². The molecular formula is C20H27N3O2. The summed E-state index contributed by atoms with van der Waals surface area (Å²) < 4.78 is 1.95. The van der Waals surface area contributed by atoms with Crippen molar-refractivity contribution in [3.05, 3.63) is 46.8 Å². The minimum absolute atomic E-state index is 0.0512. The van der Waals surface area contributed by atoms with Crippen LogP contribution in [0.5, 0.6) is 0 Å². The van der Waals surface area contributed by atoms with E-state index in [1.807, 2.05) is 4.68 Å². The van der Waals surface area contributed by atoms with Crippen LogP contribution in [0, 0.1) is 6.92 Å². The number of carbonyl (C=O) groups is 1. The van der Waals surface area contributed by atoms with Crippen LogP contribution in [0.1, 0.15) is 53.5 Å². The smallest absolute Gasteiger partial charge is 0.274 e. The molecule has 1 unspecified atom stereocenters. The molecule has 0 saturated carbocycles. The number of aliphatic hydroxyl groups excluding tert-OH is 1. The van der Waals surface area contributed by atoms with Crippen LogP contribution in [-0.2, 0) is 12.8 Å². The van der Waals surface area contributed by atoms with Gasteiger partial charge in [0, 0.05) is 24.8 Å². The van der Waals surface area contributed by atoms with Gasteiger partial charge in [-0.3, -0.25) is 4.79 Å². The first-order chi connectivity index (χ1) is 12.0. The lowest BCUT2D eigenvalue weighted by atomic mass is 9.95. The van der Waals surface area contributed by atoms with Crippen molar-refractivity contribution in [2.24, 2.45) is 0 Å². The van der Waals surface area contributed by atoms with E-state index < -0.39 is 6.10 Å². The molecule has 1 aliphatic carbocycles. The number of amides is 1. The zero-order valence-corrected chi connectivity index (χ0v) is 15.3. The second kappa shape index (κ2) is 7.40. The molecule has 0 radical (unpaired) electrons. The predicted molar refractivity (Wildman–Crippen MR) is 98.2 cm³/mol. The first kappa shape index (κ1) is 17.7. The van der Waals surface area contributed by atoms with E-state index in [9.17, 15) is 9.90 Å². The van der Waals surface area contributed by atoms with Gasteiger partial charge in [-0.25, -0.2) is 4.68 Å². The summed E-state index contributed by atoms with van der Waals surface area (Å²) in [5, 5.41) is 14.2. The quantitative estimate of drug-likeness (QED) is 0.910. The highest BCUT2D eigenvalue weighted by atomic mass is 16.3. The number of aryl methyl sites for hydroxylation is 1. The summed E-state index contributed by atoms with van der Waals surface area (Å²) in [4.78, 5) is 14.6. The summed E-state index contributed by atoms with van der Waals surface area (Å²) >= 11 is 0. The topological polar surface area (TPSA) is 58.4 Å². The third-order valence-corrected chi connectivity index (χ3v) is 4.89. The second-order valence-corrected chi connectivity index (χ2v) is 7.09. The van der Waals surface area contributed by atoms with E-state index in [-0.39, 0.29) is 5.91 Å². The van der Waals surface area contributed by atoms with Crippen LogP contribution in [0.3, 0.4) is 0 Å². The lowest BCUT2D eigenvalue weighted by Crippen LogP contribution is -2.30. The van der Waals surface area contributed by atoms with Gasteiger partial charge in [0.05, 0.1) is 11.8 Å². The monoisotopic (exact) mass is 341 g/mol. The third kappa shape index (κ3) is 3.76. The summed E-state index contributed by atoms with van der Waals surface area (Å²) in [7, 11) is 1.78. The van der Waals surface area contributed by atoms with Crippen LogP contribution < -0.4 is 0 Å². The van der Waals surface area contributed by atoms with E-state index in [4.69, 9.17) is 5.10 Å². The Bertz CT molecular complexity index is 747. The highest BCUT2D eigenvalue weighted by molar-refractivity contribution is 5.94. The maximum absolute atomic E-state index is 12.9. The molecule has 1 aliphatic rings. The molecule has 1 amide bonds. The number of rotatable bonds is 5. The van der Waals surface area contributed by atoms with E-state index >= 15 is 0 Å². The largest absolute Gasteiger partial charge is 0.393 e. The molecule has 1 atom stereocenters. The molecule has 3 rings (SSSR count). The fraction of sp³-hybridized carbons (Fsp3) is 0.500. The number of benzene rings is 1. The molecule has 5 nitrogen and oxygen atoms in total. The van der Waals surface area contributed by atoms with Crippen LogP contribution in [0.4, 0.5) is 0 Å². The summed E-state index contributed by atoms with van der Waals surface area (Å²) in [6, 6.07) is 8.26. The Morgan fingerprint density at radius 2 is 1.96 bits per heavy atom. The standard InChI is InChI=1S/C20H27N3O2/c1-14-8-10-16(11-9-14)23-18-7-5-4-6-17(18)19(21-23)20(25)22(3)13-12-15(2)24/h8-11,15,24H,4-7,12-13H2,1-3H3. The molecule has 1 aromatic carbocycles. The molecule has 1 N–H and O–H groups in total. The number of hydrogen-bond donors (Lipinski definition) is 1. The van der Waals surface area contributed by atoms with E-state index in [0.29, 0.717) is 18.7 Å². The molecule has 0 saturated heterocycles. The summed E-state index contributed by atoms with van der Waals surface area (Å²) in [6.07, 6.45) is 4.27. The Hall–Kier alpha value is -2.14. The first-order valence-corrected chi connectivity index (χ1v) is 9.08. The Labute approximate surface area is 149 Å². The number of nitrogens with zero attached hydrogens (tertiary/aromatic N) is 3. The van der Waals surface area contributed by atoms with Gasteiger partial charge in [-0.05, 0) is 58.1 Å². The van der Waals surface area contributed by atoms with Crippen molar-refractivity contribution in [3.63, 3.8) is 0 Å². The average Bonchev–Trinajstić information content (AvgIpc) is 2.99.